The maximum atomic E-state index is 5.61. The summed E-state index contributed by atoms with van der Waals surface area (Å²) in [6.07, 6.45) is 4.94. The Balaban J connectivity index is 4.07. The molecule has 2 nitrogen and oxygen atoms in total. The van der Waals surface area contributed by atoms with Crippen LogP contribution in [-0.4, -0.2) is 30.1 Å². The van der Waals surface area contributed by atoms with Gasteiger partial charge >= 0.3 is 0 Å². The number of hydrogen-bond donors (Lipinski definition) is 1. The van der Waals surface area contributed by atoms with Gasteiger partial charge in [0.2, 0.25) is 0 Å². The highest BCUT2D eigenvalue weighted by molar-refractivity contribution is 4.73. The first-order valence-electron chi connectivity index (χ1n) is 6.13. The van der Waals surface area contributed by atoms with Gasteiger partial charge in [0, 0.05) is 12.1 Å². The van der Waals surface area contributed by atoms with Crippen molar-refractivity contribution < 1.29 is 0 Å². The van der Waals surface area contributed by atoms with Crippen molar-refractivity contribution in [3.8, 4) is 0 Å². The molecule has 0 aliphatic rings. The number of nitrogens with zero attached hydrogens (tertiary/aromatic N) is 1. The molecule has 0 aliphatic heterocycles. The highest BCUT2D eigenvalue weighted by atomic mass is 15.2. The van der Waals surface area contributed by atoms with E-state index in [0.29, 0.717) is 12.1 Å². The van der Waals surface area contributed by atoms with Crippen molar-refractivity contribution in [2.75, 3.05) is 13.1 Å². The van der Waals surface area contributed by atoms with E-state index in [1.165, 1.54) is 25.8 Å². The Morgan fingerprint density at radius 3 is 2.21 bits per heavy atom. The smallest absolute Gasteiger partial charge is 0.00817 e. The fraction of sp³-hybridized carbons (Fsp3) is 1.00. The number of unbranched alkanes of at least 4 members (excludes halogenated alkanes) is 1. The molecule has 0 aliphatic carbocycles. The third-order valence-corrected chi connectivity index (χ3v) is 3.08. The van der Waals surface area contributed by atoms with Gasteiger partial charge in [0.1, 0.15) is 0 Å². The topological polar surface area (TPSA) is 29.3 Å². The summed E-state index contributed by atoms with van der Waals surface area (Å²) in [5, 5.41) is 0. The summed E-state index contributed by atoms with van der Waals surface area (Å²) in [6, 6.07) is 1.34. The summed E-state index contributed by atoms with van der Waals surface area (Å²) in [5.74, 6) is 0. The summed E-state index contributed by atoms with van der Waals surface area (Å²) < 4.78 is 0. The van der Waals surface area contributed by atoms with Crippen LogP contribution in [-0.2, 0) is 0 Å². The molecule has 0 saturated heterocycles. The fourth-order valence-corrected chi connectivity index (χ4v) is 1.86. The fourth-order valence-electron chi connectivity index (χ4n) is 1.86. The van der Waals surface area contributed by atoms with E-state index in [1.54, 1.807) is 0 Å². The zero-order chi connectivity index (χ0) is 11.0. The van der Waals surface area contributed by atoms with Crippen LogP contribution >= 0.6 is 0 Å². The van der Waals surface area contributed by atoms with Crippen molar-refractivity contribution in [3.05, 3.63) is 0 Å². The first-order valence-corrected chi connectivity index (χ1v) is 6.13. The van der Waals surface area contributed by atoms with Crippen LogP contribution in [0.15, 0.2) is 0 Å². The molecule has 0 bridgehead atoms. The quantitative estimate of drug-likeness (QED) is 0.652. The van der Waals surface area contributed by atoms with Crippen LogP contribution < -0.4 is 5.73 Å². The molecular weight excluding hydrogens is 172 g/mol. The Morgan fingerprint density at radius 2 is 1.79 bits per heavy atom. The maximum absolute atomic E-state index is 5.61. The van der Waals surface area contributed by atoms with Crippen molar-refractivity contribution in [1.29, 1.82) is 0 Å². The van der Waals surface area contributed by atoms with E-state index in [4.69, 9.17) is 5.73 Å². The summed E-state index contributed by atoms with van der Waals surface area (Å²) >= 11 is 0. The molecule has 0 aromatic heterocycles. The van der Waals surface area contributed by atoms with Crippen LogP contribution in [0.3, 0.4) is 0 Å². The zero-order valence-electron chi connectivity index (χ0n) is 10.4. The van der Waals surface area contributed by atoms with Crippen LogP contribution in [0.2, 0.25) is 0 Å². The molecular formula is C12H28N2. The molecule has 0 radical (unpaired) electrons. The van der Waals surface area contributed by atoms with E-state index in [-0.39, 0.29) is 0 Å². The largest absolute Gasteiger partial charge is 0.330 e. The summed E-state index contributed by atoms with van der Waals surface area (Å²) in [7, 11) is 0. The minimum atomic E-state index is 0.640. The van der Waals surface area contributed by atoms with E-state index >= 15 is 0 Å². The Morgan fingerprint density at radius 1 is 1.14 bits per heavy atom. The van der Waals surface area contributed by atoms with Crippen LogP contribution in [0.4, 0.5) is 0 Å². The third-order valence-electron chi connectivity index (χ3n) is 3.08. The van der Waals surface area contributed by atoms with Crippen molar-refractivity contribution >= 4 is 0 Å². The van der Waals surface area contributed by atoms with Gasteiger partial charge in [0.05, 0.1) is 0 Å². The summed E-state index contributed by atoms with van der Waals surface area (Å²) in [6.45, 7) is 11.2. The maximum Gasteiger partial charge on any atom is 0.00817 e. The molecule has 2 N–H and O–H groups in total. The van der Waals surface area contributed by atoms with Crippen LogP contribution in [0.1, 0.15) is 53.4 Å². The van der Waals surface area contributed by atoms with Gasteiger partial charge in [-0.15, -0.1) is 0 Å². The van der Waals surface area contributed by atoms with E-state index in [0.717, 1.165) is 13.0 Å². The minimum absolute atomic E-state index is 0.640. The lowest BCUT2D eigenvalue weighted by Gasteiger charge is -2.34. The van der Waals surface area contributed by atoms with Crippen molar-refractivity contribution in [1.82, 2.24) is 4.90 Å². The molecule has 0 aromatic carbocycles. The molecule has 0 fully saturated rings. The highest BCUT2D eigenvalue weighted by Gasteiger charge is 2.17. The first kappa shape index (κ1) is 13.9. The molecule has 0 aromatic rings. The molecule has 86 valence electrons. The first-order chi connectivity index (χ1) is 6.67. The van der Waals surface area contributed by atoms with E-state index in [2.05, 4.69) is 32.6 Å². The lowest BCUT2D eigenvalue weighted by atomic mass is 10.1. The van der Waals surface area contributed by atoms with E-state index in [9.17, 15) is 0 Å². The molecule has 2 atom stereocenters. The van der Waals surface area contributed by atoms with Crippen molar-refractivity contribution in [2.24, 2.45) is 5.73 Å². The van der Waals surface area contributed by atoms with E-state index < -0.39 is 0 Å². The second-order valence-electron chi connectivity index (χ2n) is 4.28. The number of hydrogen-bond acceptors (Lipinski definition) is 2. The SMILES string of the molecule is CCCCN(C(C)CC)C(C)CCN. The average molecular weight is 200 g/mol. The Bertz CT molecular complexity index is 125. The van der Waals surface area contributed by atoms with Gasteiger partial charge in [-0.3, -0.25) is 4.90 Å². The Hall–Kier alpha value is -0.0800. The highest BCUT2D eigenvalue weighted by Crippen LogP contribution is 2.12. The van der Waals surface area contributed by atoms with E-state index in [1.807, 2.05) is 0 Å². The summed E-state index contributed by atoms with van der Waals surface area (Å²) in [5.41, 5.74) is 5.61. The average Bonchev–Trinajstić information content (AvgIpc) is 2.18. The lowest BCUT2D eigenvalue weighted by Crippen LogP contribution is -2.41. The third kappa shape index (κ3) is 4.97. The van der Waals surface area contributed by atoms with Gasteiger partial charge in [-0.1, -0.05) is 20.3 Å². The van der Waals surface area contributed by atoms with Crippen molar-refractivity contribution in [2.45, 2.75) is 65.5 Å². The molecule has 0 rings (SSSR count). The second kappa shape index (κ2) is 8.25. The summed E-state index contributed by atoms with van der Waals surface area (Å²) in [4.78, 5) is 2.61. The Kier molecular flexibility index (Phi) is 8.20. The molecule has 0 spiro atoms. The van der Waals surface area contributed by atoms with Gasteiger partial charge in [0.25, 0.3) is 0 Å². The van der Waals surface area contributed by atoms with Gasteiger partial charge < -0.3 is 5.73 Å². The molecule has 0 amide bonds. The van der Waals surface area contributed by atoms with Gasteiger partial charge in [-0.25, -0.2) is 0 Å². The monoisotopic (exact) mass is 200 g/mol. The van der Waals surface area contributed by atoms with Gasteiger partial charge in [-0.05, 0) is 46.2 Å². The predicted molar refractivity (Wildman–Crippen MR) is 64.5 cm³/mol. The van der Waals surface area contributed by atoms with Crippen LogP contribution in [0, 0.1) is 0 Å². The second-order valence-corrected chi connectivity index (χ2v) is 4.28. The molecule has 2 unspecified atom stereocenters. The Labute approximate surface area is 89.9 Å². The predicted octanol–water partition coefficient (Wildman–Crippen LogP) is 2.62. The number of rotatable bonds is 8. The molecule has 0 saturated carbocycles. The van der Waals surface area contributed by atoms with Crippen LogP contribution in [0.25, 0.3) is 0 Å². The van der Waals surface area contributed by atoms with Gasteiger partial charge in [-0.2, -0.15) is 0 Å². The van der Waals surface area contributed by atoms with Crippen molar-refractivity contribution in [3.63, 3.8) is 0 Å². The standard InChI is InChI=1S/C12H28N2/c1-5-7-10-14(11(3)6-2)12(4)8-9-13/h11-12H,5-10,13H2,1-4H3. The number of nitrogens with two attached hydrogens (primary N) is 1. The molecule has 0 heterocycles. The molecule has 2 heteroatoms. The minimum Gasteiger partial charge on any atom is -0.330 e. The zero-order valence-corrected chi connectivity index (χ0v) is 10.4. The lowest BCUT2D eigenvalue weighted by molar-refractivity contribution is 0.142. The van der Waals surface area contributed by atoms with Gasteiger partial charge in [0.15, 0.2) is 0 Å². The molecule has 14 heavy (non-hydrogen) atoms. The normalized spacial score (nSPS) is 15.9. The van der Waals surface area contributed by atoms with Crippen LogP contribution in [0.5, 0.6) is 0 Å².